The first-order valence-electron chi connectivity index (χ1n) is 6.21. The van der Waals surface area contributed by atoms with Gasteiger partial charge in [-0.05, 0) is 18.2 Å². The maximum atomic E-state index is 12.1. The highest BCUT2D eigenvalue weighted by molar-refractivity contribution is 6.01. The van der Waals surface area contributed by atoms with Gasteiger partial charge in [0.2, 0.25) is 0 Å². The summed E-state index contributed by atoms with van der Waals surface area (Å²) in [7, 11) is 0. The van der Waals surface area contributed by atoms with Gasteiger partial charge in [-0.2, -0.15) is 5.06 Å². The fourth-order valence-corrected chi connectivity index (χ4v) is 2.34. The van der Waals surface area contributed by atoms with Crippen LogP contribution in [0.25, 0.3) is 0 Å². The highest BCUT2D eigenvalue weighted by Gasteiger charge is 2.35. The number of hydroxylamine groups is 2. The molecule has 0 aliphatic carbocycles. The van der Waals surface area contributed by atoms with Crippen LogP contribution in [0.2, 0.25) is 0 Å². The van der Waals surface area contributed by atoms with E-state index < -0.39 is 17.0 Å². The van der Waals surface area contributed by atoms with Crippen molar-refractivity contribution in [1.82, 2.24) is 5.06 Å². The molecule has 0 fully saturated rings. The number of hydrogen-bond acceptors (Lipinski definition) is 5. The number of rotatable bonds is 2. The molecule has 1 aliphatic rings. The molecule has 7 nitrogen and oxygen atoms in total. The molecule has 1 atom stereocenters. The van der Waals surface area contributed by atoms with Crippen LogP contribution in [0, 0.1) is 10.1 Å². The van der Waals surface area contributed by atoms with Crippen LogP contribution >= 0.6 is 0 Å². The number of nitro benzene ring substituents is 1. The topological polar surface area (TPSA) is 95.7 Å². The van der Waals surface area contributed by atoms with Crippen LogP contribution in [-0.4, -0.2) is 21.1 Å². The Morgan fingerprint density at radius 1 is 1.14 bits per heavy atom. The summed E-state index contributed by atoms with van der Waals surface area (Å²) in [6.45, 7) is 0. The van der Waals surface area contributed by atoms with Gasteiger partial charge < -0.3 is 5.32 Å². The van der Waals surface area contributed by atoms with Crippen LogP contribution in [0.5, 0.6) is 0 Å². The van der Waals surface area contributed by atoms with Crippen LogP contribution in [-0.2, 0) is 0 Å². The molecule has 2 N–H and O–H groups in total. The lowest BCUT2D eigenvalue weighted by Crippen LogP contribution is -2.40. The Hall–Kier alpha value is -2.93. The van der Waals surface area contributed by atoms with Crippen molar-refractivity contribution in [3.63, 3.8) is 0 Å². The highest BCUT2D eigenvalue weighted by Crippen LogP contribution is 2.35. The number of benzene rings is 2. The molecule has 1 amide bonds. The fraction of sp³-hybridized carbons (Fsp3) is 0.0714. The maximum absolute atomic E-state index is 12.1. The first kappa shape index (κ1) is 13.1. The second-order valence-corrected chi connectivity index (χ2v) is 4.56. The molecule has 2 aromatic rings. The number of para-hydroxylation sites is 2. The van der Waals surface area contributed by atoms with E-state index in [-0.39, 0.29) is 11.3 Å². The maximum Gasteiger partial charge on any atom is 0.281 e. The minimum atomic E-state index is -1.01. The van der Waals surface area contributed by atoms with E-state index in [9.17, 15) is 20.1 Å². The third-order valence-corrected chi connectivity index (χ3v) is 3.33. The molecule has 106 valence electrons. The van der Waals surface area contributed by atoms with Gasteiger partial charge in [0, 0.05) is 11.8 Å². The molecular formula is C14H11N3O4. The van der Waals surface area contributed by atoms with Crippen LogP contribution < -0.4 is 5.32 Å². The quantitative estimate of drug-likeness (QED) is 0.502. The molecule has 7 heteroatoms. The monoisotopic (exact) mass is 285 g/mol. The number of hydrogen-bond donors (Lipinski definition) is 2. The Labute approximate surface area is 119 Å². The summed E-state index contributed by atoms with van der Waals surface area (Å²) < 4.78 is 0. The van der Waals surface area contributed by atoms with Gasteiger partial charge in [0.25, 0.3) is 11.6 Å². The van der Waals surface area contributed by atoms with Crippen molar-refractivity contribution in [3.8, 4) is 0 Å². The minimum Gasteiger partial charge on any atom is -0.359 e. The van der Waals surface area contributed by atoms with Gasteiger partial charge in [0.1, 0.15) is 0 Å². The molecule has 0 saturated heterocycles. The SMILES string of the molecule is O=C1c2ccccc2N[C@H](c2ccccc2[N+](=O)[O-])N1O. The minimum absolute atomic E-state index is 0.166. The summed E-state index contributed by atoms with van der Waals surface area (Å²) in [4.78, 5) is 22.7. The molecule has 0 saturated carbocycles. The van der Waals surface area contributed by atoms with Crippen LogP contribution in [0.15, 0.2) is 48.5 Å². The number of nitrogens with zero attached hydrogens (tertiary/aromatic N) is 2. The Kier molecular flexibility index (Phi) is 3.03. The van der Waals surface area contributed by atoms with Crippen LogP contribution in [0.3, 0.4) is 0 Å². The predicted octanol–water partition coefficient (Wildman–Crippen LogP) is 2.55. The Morgan fingerprint density at radius 2 is 1.81 bits per heavy atom. The van der Waals surface area contributed by atoms with Crippen molar-refractivity contribution in [1.29, 1.82) is 0 Å². The molecule has 0 radical (unpaired) electrons. The van der Waals surface area contributed by atoms with Crippen molar-refractivity contribution >= 4 is 17.3 Å². The van der Waals surface area contributed by atoms with Crippen LogP contribution in [0.1, 0.15) is 22.1 Å². The van der Waals surface area contributed by atoms with E-state index >= 15 is 0 Å². The summed E-state index contributed by atoms with van der Waals surface area (Å²) in [6, 6.07) is 12.6. The average Bonchev–Trinajstić information content (AvgIpc) is 2.51. The van der Waals surface area contributed by atoms with E-state index in [1.165, 1.54) is 18.2 Å². The number of carbonyl (C=O) groups excluding carboxylic acids is 1. The molecule has 3 rings (SSSR count). The molecule has 0 aromatic heterocycles. The highest BCUT2D eigenvalue weighted by atomic mass is 16.6. The van der Waals surface area contributed by atoms with Crippen molar-refractivity contribution < 1.29 is 14.9 Å². The Bertz CT molecular complexity index is 732. The summed E-state index contributed by atoms with van der Waals surface area (Å²) in [5, 5.41) is 24.5. The molecule has 0 bridgehead atoms. The van der Waals surface area contributed by atoms with Crippen molar-refractivity contribution in [3.05, 3.63) is 69.8 Å². The second kappa shape index (κ2) is 4.88. The first-order valence-corrected chi connectivity index (χ1v) is 6.21. The molecular weight excluding hydrogens is 274 g/mol. The van der Waals surface area contributed by atoms with E-state index in [2.05, 4.69) is 5.32 Å². The summed E-state index contributed by atoms with van der Waals surface area (Å²) in [5.74, 6) is -0.604. The smallest absolute Gasteiger partial charge is 0.281 e. The normalized spacial score (nSPS) is 17.1. The molecule has 1 aliphatic heterocycles. The van der Waals surface area contributed by atoms with Gasteiger partial charge in [0.05, 0.1) is 16.1 Å². The third kappa shape index (κ3) is 2.09. The lowest BCUT2D eigenvalue weighted by molar-refractivity contribution is -0.386. The van der Waals surface area contributed by atoms with E-state index in [1.807, 2.05) is 0 Å². The molecule has 2 aromatic carbocycles. The van der Waals surface area contributed by atoms with Crippen molar-refractivity contribution in [2.75, 3.05) is 5.32 Å². The summed E-state index contributed by atoms with van der Waals surface area (Å²) >= 11 is 0. The Balaban J connectivity index is 2.09. The lowest BCUT2D eigenvalue weighted by atomic mass is 10.0. The molecule has 0 unspecified atom stereocenters. The zero-order valence-electron chi connectivity index (χ0n) is 10.8. The Morgan fingerprint density at radius 3 is 2.57 bits per heavy atom. The number of nitro groups is 1. The average molecular weight is 285 g/mol. The second-order valence-electron chi connectivity index (χ2n) is 4.56. The van der Waals surface area contributed by atoms with Crippen LogP contribution in [0.4, 0.5) is 11.4 Å². The van der Waals surface area contributed by atoms with E-state index in [4.69, 9.17) is 0 Å². The summed E-state index contributed by atoms with van der Waals surface area (Å²) in [5.41, 5.74) is 0.889. The van der Waals surface area contributed by atoms with Gasteiger partial charge >= 0.3 is 0 Å². The van der Waals surface area contributed by atoms with Crippen molar-refractivity contribution in [2.45, 2.75) is 6.17 Å². The summed E-state index contributed by atoms with van der Waals surface area (Å²) in [6.07, 6.45) is -1.01. The van der Waals surface area contributed by atoms with Crippen molar-refractivity contribution in [2.24, 2.45) is 0 Å². The number of nitrogens with one attached hydrogen (secondary N) is 1. The standard InChI is InChI=1S/C14H11N3O4/c18-14-9-5-1-3-7-11(9)15-13(16(14)19)10-6-2-4-8-12(10)17(20)21/h1-8,13,15,19H/t13-/m0/s1. The van der Waals surface area contributed by atoms with Gasteiger partial charge in [-0.3, -0.25) is 20.1 Å². The van der Waals surface area contributed by atoms with Gasteiger partial charge in [-0.15, -0.1) is 0 Å². The largest absolute Gasteiger partial charge is 0.359 e. The number of amides is 1. The van der Waals surface area contributed by atoms with Gasteiger partial charge in [-0.25, -0.2) is 0 Å². The van der Waals surface area contributed by atoms with Gasteiger partial charge in [0.15, 0.2) is 6.17 Å². The molecule has 21 heavy (non-hydrogen) atoms. The zero-order chi connectivity index (χ0) is 15.0. The number of carbonyl (C=O) groups is 1. The van der Waals surface area contributed by atoms with Gasteiger partial charge in [-0.1, -0.05) is 24.3 Å². The number of fused-ring (bicyclic) bond motifs is 1. The number of anilines is 1. The zero-order valence-corrected chi connectivity index (χ0v) is 10.8. The fourth-order valence-electron chi connectivity index (χ4n) is 2.34. The molecule has 0 spiro atoms. The third-order valence-electron chi connectivity index (χ3n) is 3.33. The predicted molar refractivity (Wildman–Crippen MR) is 73.9 cm³/mol. The molecule has 1 heterocycles. The van der Waals surface area contributed by atoms with E-state index in [0.29, 0.717) is 16.3 Å². The van der Waals surface area contributed by atoms with E-state index in [0.717, 1.165) is 0 Å². The van der Waals surface area contributed by atoms with E-state index in [1.54, 1.807) is 30.3 Å². The first-order chi connectivity index (χ1) is 10.1. The lowest BCUT2D eigenvalue weighted by Gasteiger charge is -2.33.